The van der Waals surface area contributed by atoms with Gasteiger partial charge in [0, 0.05) is 33.5 Å². The van der Waals surface area contributed by atoms with Gasteiger partial charge in [0.15, 0.2) is 0 Å². The maximum atomic E-state index is 2.41. The number of benzene rings is 10. The summed E-state index contributed by atoms with van der Waals surface area (Å²) in [6.45, 7) is 0. The molecule has 1 aromatic heterocycles. The van der Waals surface area contributed by atoms with E-state index in [1.54, 1.807) is 0 Å². The van der Waals surface area contributed by atoms with Gasteiger partial charge in [0.25, 0.3) is 0 Å². The summed E-state index contributed by atoms with van der Waals surface area (Å²) in [6, 6.07) is 93.1. The Balaban J connectivity index is 0.968. The van der Waals surface area contributed by atoms with Crippen LogP contribution in [0, 0.1) is 0 Å². The zero-order valence-electron chi connectivity index (χ0n) is 34.6. The molecule has 0 N–H and O–H groups in total. The second-order valence-corrected chi connectivity index (χ2v) is 16.5. The minimum absolute atomic E-state index is 0.445. The van der Waals surface area contributed by atoms with Gasteiger partial charge in [-0.3, -0.25) is 0 Å². The van der Waals surface area contributed by atoms with Crippen LogP contribution in [0.2, 0.25) is 0 Å². The largest absolute Gasteiger partial charge is 0.310 e. The molecular formula is C61H42N2. The van der Waals surface area contributed by atoms with Gasteiger partial charge in [0.2, 0.25) is 0 Å². The predicted octanol–water partition coefficient (Wildman–Crippen LogP) is 16.0. The SMILES string of the molecule is c1ccc(N(c2cccc(-c3cccc(-c4ccc5c(c4)c4ccccc4n5-c4ccccc4)c3)c2)c2ccc3c(c2)-c2ccccc2C3(c2ccccc2)c2ccccc2)cc1. The fraction of sp³-hybridized carbons (Fsp3) is 0.0164. The van der Waals surface area contributed by atoms with Crippen LogP contribution in [0.5, 0.6) is 0 Å². The Labute approximate surface area is 368 Å². The van der Waals surface area contributed by atoms with Gasteiger partial charge >= 0.3 is 0 Å². The van der Waals surface area contributed by atoms with E-state index in [-0.39, 0.29) is 0 Å². The number of hydrogen-bond donors (Lipinski definition) is 0. The quantitative estimate of drug-likeness (QED) is 0.149. The number of nitrogens with zero attached hydrogens (tertiary/aromatic N) is 2. The lowest BCUT2D eigenvalue weighted by atomic mass is 9.68. The molecule has 0 fully saturated rings. The molecule has 12 rings (SSSR count). The summed E-state index contributed by atoms with van der Waals surface area (Å²) in [5, 5.41) is 2.50. The van der Waals surface area contributed by atoms with Crippen molar-refractivity contribution in [3.63, 3.8) is 0 Å². The van der Waals surface area contributed by atoms with Crippen LogP contribution >= 0.6 is 0 Å². The fourth-order valence-electron chi connectivity index (χ4n) is 10.3. The number of para-hydroxylation sites is 3. The molecular weight excluding hydrogens is 761 g/mol. The molecule has 63 heavy (non-hydrogen) atoms. The third kappa shape index (κ3) is 5.95. The van der Waals surface area contributed by atoms with E-state index < -0.39 is 5.41 Å². The molecule has 0 unspecified atom stereocenters. The molecule has 1 aliphatic carbocycles. The molecule has 1 heterocycles. The number of rotatable bonds is 8. The summed E-state index contributed by atoms with van der Waals surface area (Å²) in [6.07, 6.45) is 0. The Bertz CT molecular complexity index is 3400. The molecule has 0 saturated heterocycles. The molecule has 0 bridgehead atoms. The smallest absolute Gasteiger partial charge is 0.0713 e. The minimum atomic E-state index is -0.445. The van der Waals surface area contributed by atoms with Gasteiger partial charge in [-0.05, 0) is 128 Å². The Morgan fingerprint density at radius 2 is 0.825 bits per heavy atom. The van der Waals surface area contributed by atoms with Crippen molar-refractivity contribution >= 4 is 38.9 Å². The van der Waals surface area contributed by atoms with E-state index >= 15 is 0 Å². The highest BCUT2D eigenvalue weighted by Gasteiger charge is 2.46. The molecule has 2 nitrogen and oxygen atoms in total. The van der Waals surface area contributed by atoms with Gasteiger partial charge in [-0.1, -0.05) is 182 Å². The molecule has 11 aromatic rings. The Hall–Kier alpha value is -8.20. The second kappa shape index (κ2) is 15.1. The maximum absolute atomic E-state index is 2.41. The number of anilines is 3. The van der Waals surface area contributed by atoms with Crippen LogP contribution in [0.15, 0.2) is 255 Å². The van der Waals surface area contributed by atoms with Gasteiger partial charge in [-0.2, -0.15) is 0 Å². The molecule has 296 valence electrons. The zero-order chi connectivity index (χ0) is 41.7. The van der Waals surface area contributed by atoms with Crippen molar-refractivity contribution in [1.82, 2.24) is 4.57 Å². The average molecular weight is 803 g/mol. The first-order valence-corrected chi connectivity index (χ1v) is 21.8. The summed E-state index contributed by atoms with van der Waals surface area (Å²) < 4.78 is 2.37. The van der Waals surface area contributed by atoms with Gasteiger partial charge in [0.05, 0.1) is 16.4 Å². The van der Waals surface area contributed by atoms with Crippen molar-refractivity contribution in [2.24, 2.45) is 0 Å². The molecule has 0 radical (unpaired) electrons. The van der Waals surface area contributed by atoms with E-state index in [0.717, 1.165) is 22.6 Å². The van der Waals surface area contributed by atoms with E-state index in [9.17, 15) is 0 Å². The lowest BCUT2D eigenvalue weighted by Gasteiger charge is -2.34. The highest BCUT2D eigenvalue weighted by atomic mass is 15.1. The fourth-order valence-corrected chi connectivity index (χ4v) is 10.3. The van der Waals surface area contributed by atoms with Crippen LogP contribution in [-0.4, -0.2) is 4.57 Å². The normalized spacial score (nSPS) is 12.6. The van der Waals surface area contributed by atoms with E-state index in [0.29, 0.717) is 0 Å². The first kappa shape index (κ1) is 36.6. The van der Waals surface area contributed by atoms with Crippen LogP contribution in [0.3, 0.4) is 0 Å². The molecule has 0 aliphatic heterocycles. The zero-order valence-corrected chi connectivity index (χ0v) is 34.6. The highest BCUT2D eigenvalue weighted by Crippen LogP contribution is 2.57. The summed E-state index contributed by atoms with van der Waals surface area (Å²) >= 11 is 0. The molecule has 10 aromatic carbocycles. The van der Waals surface area contributed by atoms with Crippen molar-refractivity contribution in [2.75, 3.05) is 4.90 Å². The third-order valence-corrected chi connectivity index (χ3v) is 13.0. The number of fused-ring (bicyclic) bond motifs is 6. The summed E-state index contributed by atoms with van der Waals surface area (Å²) in [4.78, 5) is 2.40. The van der Waals surface area contributed by atoms with Crippen LogP contribution in [0.1, 0.15) is 22.3 Å². The highest BCUT2D eigenvalue weighted by molar-refractivity contribution is 6.10. The first-order chi connectivity index (χ1) is 31.3. The molecule has 0 saturated carbocycles. The monoisotopic (exact) mass is 802 g/mol. The third-order valence-electron chi connectivity index (χ3n) is 13.0. The van der Waals surface area contributed by atoms with Crippen LogP contribution in [0.25, 0.3) is 60.9 Å². The van der Waals surface area contributed by atoms with E-state index in [1.807, 2.05) is 0 Å². The molecule has 0 spiro atoms. The Kier molecular flexibility index (Phi) is 8.76. The van der Waals surface area contributed by atoms with Gasteiger partial charge < -0.3 is 9.47 Å². The Morgan fingerprint density at radius 1 is 0.302 bits per heavy atom. The van der Waals surface area contributed by atoms with Crippen LogP contribution in [-0.2, 0) is 5.41 Å². The van der Waals surface area contributed by atoms with Crippen LogP contribution < -0.4 is 4.90 Å². The molecule has 0 amide bonds. The van der Waals surface area contributed by atoms with Crippen molar-refractivity contribution in [3.05, 3.63) is 277 Å². The molecule has 1 aliphatic rings. The first-order valence-electron chi connectivity index (χ1n) is 21.8. The molecule has 0 atom stereocenters. The topological polar surface area (TPSA) is 8.17 Å². The Morgan fingerprint density at radius 3 is 1.56 bits per heavy atom. The number of hydrogen-bond acceptors (Lipinski definition) is 1. The lowest BCUT2D eigenvalue weighted by molar-refractivity contribution is 0.768. The van der Waals surface area contributed by atoms with Crippen LogP contribution in [0.4, 0.5) is 17.1 Å². The van der Waals surface area contributed by atoms with Crippen molar-refractivity contribution in [1.29, 1.82) is 0 Å². The van der Waals surface area contributed by atoms with Gasteiger partial charge in [-0.15, -0.1) is 0 Å². The predicted molar refractivity (Wildman–Crippen MR) is 264 cm³/mol. The van der Waals surface area contributed by atoms with Crippen molar-refractivity contribution in [2.45, 2.75) is 5.41 Å². The van der Waals surface area contributed by atoms with Gasteiger partial charge in [0.1, 0.15) is 0 Å². The van der Waals surface area contributed by atoms with Crippen molar-refractivity contribution < 1.29 is 0 Å². The van der Waals surface area contributed by atoms with Gasteiger partial charge in [-0.25, -0.2) is 0 Å². The van der Waals surface area contributed by atoms with E-state index in [4.69, 9.17) is 0 Å². The summed E-state index contributed by atoms with van der Waals surface area (Å²) in [5.41, 5.74) is 18.8. The lowest BCUT2D eigenvalue weighted by Crippen LogP contribution is -2.28. The van der Waals surface area contributed by atoms with E-state index in [1.165, 1.54) is 77.6 Å². The second-order valence-electron chi connectivity index (χ2n) is 16.5. The molecule has 2 heteroatoms. The maximum Gasteiger partial charge on any atom is 0.0713 e. The standard InChI is InChI=1S/C61H42N2/c1-5-22-47(23-6-1)61(48-24-7-2-8-25-48)57-33-15-13-31-53(57)55-42-52(36-37-58(55)61)62(49-26-9-3-10-27-49)51-30-18-21-45(40-51)43-19-17-20-44(39-43)46-35-38-60-56(41-46)54-32-14-16-34-59(54)63(60)50-28-11-4-12-29-50/h1-42H. The number of aromatic nitrogens is 1. The minimum Gasteiger partial charge on any atom is -0.310 e. The van der Waals surface area contributed by atoms with E-state index in [2.05, 4.69) is 264 Å². The average Bonchev–Trinajstić information content (AvgIpc) is 3.86. The van der Waals surface area contributed by atoms with Crippen molar-refractivity contribution in [3.8, 4) is 39.1 Å². The summed E-state index contributed by atoms with van der Waals surface area (Å²) in [5.74, 6) is 0. The summed E-state index contributed by atoms with van der Waals surface area (Å²) in [7, 11) is 0.